The summed E-state index contributed by atoms with van der Waals surface area (Å²) in [7, 11) is -2.36. The van der Waals surface area contributed by atoms with E-state index in [0.29, 0.717) is 32.1 Å². The summed E-state index contributed by atoms with van der Waals surface area (Å²) < 4.78 is 32.2. The number of piperazine rings is 1. The second-order valence-electron chi connectivity index (χ2n) is 5.67. The highest BCUT2D eigenvalue weighted by atomic mass is 32.2. The molecule has 26 heavy (non-hydrogen) atoms. The fourth-order valence-corrected chi connectivity index (χ4v) is 4.22. The topological polar surface area (TPSA) is 119 Å². The van der Waals surface area contributed by atoms with E-state index in [4.69, 9.17) is 10.5 Å². The Bertz CT molecular complexity index is 896. The largest absolute Gasteiger partial charge is 0.496 e. The Hall–Kier alpha value is -2.72. The fourth-order valence-electron chi connectivity index (χ4n) is 2.77. The molecule has 1 aromatic carbocycles. The molecule has 0 aliphatic carbocycles. The molecule has 0 atom stereocenters. The Morgan fingerprint density at radius 1 is 1.15 bits per heavy atom. The predicted octanol–water partition coefficient (Wildman–Crippen LogP) is 0.0950. The SMILES string of the molecule is COc1ccc(S(=O)(=O)N2CCN(c3ncccn3)CC2)cc1C(N)=O. The molecule has 2 N–H and O–H groups in total. The zero-order valence-corrected chi connectivity index (χ0v) is 15.0. The van der Waals surface area contributed by atoms with E-state index in [-0.39, 0.29) is 16.2 Å². The number of nitrogens with two attached hydrogens (primary N) is 1. The van der Waals surface area contributed by atoms with Gasteiger partial charge in [0.25, 0.3) is 5.91 Å². The first kappa shape index (κ1) is 18.1. The van der Waals surface area contributed by atoms with E-state index in [1.54, 1.807) is 18.5 Å². The number of primary amides is 1. The van der Waals surface area contributed by atoms with Crippen molar-refractivity contribution in [1.29, 1.82) is 0 Å². The van der Waals surface area contributed by atoms with Gasteiger partial charge >= 0.3 is 0 Å². The Morgan fingerprint density at radius 2 is 1.81 bits per heavy atom. The molecule has 1 aliphatic rings. The number of hydrogen-bond donors (Lipinski definition) is 1. The van der Waals surface area contributed by atoms with Gasteiger partial charge in [0.15, 0.2) is 0 Å². The monoisotopic (exact) mass is 377 g/mol. The molecule has 0 spiro atoms. The minimum atomic E-state index is -3.75. The number of amides is 1. The number of rotatable bonds is 5. The number of ether oxygens (including phenoxy) is 1. The van der Waals surface area contributed by atoms with E-state index in [0.717, 1.165) is 0 Å². The number of anilines is 1. The van der Waals surface area contributed by atoms with Gasteiger partial charge in [0, 0.05) is 38.6 Å². The molecule has 0 unspecified atom stereocenters. The molecule has 138 valence electrons. The predicted molar refractivity (Wildman–Crippen MR) is 94.5 cm³/mol. The van der Waals surface area contributed by atoms with Crippen LogP contribution in [0.1, 0.15) is 10.4 Å². The fraction of sp³-hybridized carbons (Fsp3) is 0.312. The number of methoxy groups -OCH3 is 1. The van der Waals surface area contributed by atoms with Gasteiger partial charge in [-0.05, 0) is 24.3 Å². The highest BCUT2D eigenvalue weighted by molar-refractivity contribution is 7.89. The molecule has 2 aromatic rings. The molecule has 0 saturated carbocycles. The van der Waals surface area contributed by atoms with Crippen LogP contribution in [0.2, 0.25) is 0 Å². The summed E-state index contributed by atoms with van der Waals surface area (Å²) in [5.41, 5.74) is 5.35. The van der Waals surface area contributed by atoms with Crippen LogP contribution in [0.3, 0.4) is 0 Å². The summed E-state index contributed by atoms with van der Waals surface area (Å²) >= 11 is 0. The average Bonchev–Trinajstić information content (AvgIpc) is 2.68. The molecular formula is C16H19N5O4S. The molecule has 1 aliphatic heterocycles. The molecule has 1 fully saturated rings. The van der Waals surface area contributed by atoms with Crippen molar-refractivity contribution < 1.29 is 17.9 Å². The van der Waals surface area contributed by atoms with Crippen LogP contribution in [0.15, 0.2) is 41.6 Å². The standard InChI is InChI=1S/C16H19N5O4S/c1-25-14-4-3-12(11-13(14)15(17)22)26(23,24)21-9-7-20(8-10-21)16-18-5-2-6-19-16/h2-6,11H,7-10H2,1H3,(H2,17,22). The number of aromatic nitrogens is 2. The maximum absolute atomic E-state index is 12.9. The highest BCUT2D eigenvalue weighted by Crippen LogP contribution is 2.25. The van der Waals surface area contributed by atoms with Gasteiger partial charge < -0.3 is 15.4 Å². The third-order valence-electron chi connectivity index (χ3n) is 4.15. The molecule has 3 rings (SSSR count). The maximum atomic E-state index is 12.9. The molecule has 9 nitrogen and oxygen atoms in total. The van der Waals surface area contributed by atoms with Crippen LogP contribution in [0, 0.1) is 0 Å². The molecule has 2 heterocycles. The number of hydrogen-bond acceptors (Lipinski definition) is 7. The second-order valence-corrected chi connectivity index (χ2v) is 7.60. The highest BCUT2D eigenvalue weighted by Gasteiger charge is 2.30. The lowest BCUT2D eigenvalue weighted by molar-refractivity contribution is 0.0997. The molecule has 10 heteroatoms. The van der Waals surface area contributed by atoms with Crippen LogP contribution in [0.25, 0.3) is 0 Å². The first-order chi connectivity index (χ1) is 12.4. The number of sulfonamides is 1. The summed E-state index contributed by atoms with van der Waals surface area (Å²) in [6.45, 7) is 1.53. The Morgan fingerprint density at radius 3 is 2.38 bits per heavy atom. The first-order valence-electron chi connectivity index (χ1n) is 7.93. The Balaban J connectivity index is 1.79. The Labute approximate surface area is 151 Å². The lowest BCUT2D eigenvalue weighted by Gasteiger charge is -2.33. The number of carbonyl (C=O) groups excluding carboxylic acids is 1. The van der Waals surface area contributed by atoms with Gasteiger partial charge in [-0.2, -0.15) is 4.31 Å². The third-order valence-corrected chi connectivity index (χ3v) is 6.04. The van der Waals surface area contributed by atoms with Crippen molar-refractivity contribution in [3.05, 3.63) is 42.2 Å². The van der Waals surface area contributed by atoms with Gasteiger partial charge in [-0.3, -0.25) is 4.79 Å². The van der Waals surface area contributed by atoms with E-state index in [9.17, 15) is 13.2 Å². The van der Waals surface area contributed by atoms with Crippen molar-refractivity contribution in [1.82, 2.24) is 14.3 Å². The normalized spacial score (nSPS) is 15.7. The van der Waals surface area contributed by atoms with Crippen molar-refractivity contribution in [3.63, 3.8) is 0 Å². The van der Waals surface area contributed by atoms with Crippen LogP contribution in [-0.4, -0.2) is 61.9 Å². The van der Waals surface area contributed by atoms with E-state index >= 15 is 0 Å². The van der Waals surface area contributed by atoms with Crippen molar-refractivity contribution in [2.45, 2.75) is 4.90 Å². The lowest BCUT2D eigenvalue weighted by atomic mass is 10.2. The molecular weight excluding hydrogens is 358 g/mol. The van der Waals surface area contributed by atoms with Crippen molar-refractivity contribution in [3.8, 4) is 5.75 Å². The van der Waals surface area contributed by atoms with E-state index in [1.165, 1.54) is 29.6 Å². The summed E-state index contributed by atoms with van der Waals surface area (Å²) in [4.78, 5) is 21.8. The van der Waals surface area contributed by atoms with Crippen LogP contribution in [0.5, 0.6) is 5.75 Å². The van der Waals surface area contributed by atoms with Crippen LogP contribution >= 0.6 is 0 Å². The maximum Gasteiger partial charge on any atom is 0.252 e. The van der Waals surface area contributed by atoms with Gasteiger partial charge in [-0.25, -0.2) is 18.4 Å². The molecule has 0 radical (unpaired) electrons. The van der Waals surface area contributed by atoms with Crippen molar-refractivity contribution >= 4 is 21.9 Å². The Kier molecular flexibility index (Phi) is 5.05. The van der Waals surface area contributed by atoms with Crippen LogP contribution in [0.4, 0.5) is 5.95 Å². The zero-order chi connectivity index (χ0) is 18.7. The van der Waals surface area contributed by atoms with Crippen LogP contribution < -0.4 is 15.4 Å². The van der Waals surface area contributed by atoms with Crippen molar-refractivity contribution in [2.75, 3.05) is 38.2 Å². The number of carbonyl (C=O) groups is 1. The van der Waals surface area contributed by atoms with Gasteiger partial charge in [0.05, 0.1) is 17.6 Å². The van der Waals surface area contributed by atoms with Gasteiger partial charge in [0.2, 0.25) is 16.0 Å². The summed E-state index contributed by atoms with van der Waals surface area (Å²) in [6.07, 6.45) is 3.29. The van der Waals surface area contributed by atoms with E-state index in [2.05, 4.69) is 9.97 Å². The summed E-state index contributed by atoms with van der Waals surface area (Å²) in [5, 5.41) is 0. The van der Waals surface area contributed by atoms with Gasteiger partial charge in [0.1, 0.15) is 5.75 Å². The minimum absolute atomic E-state index is 0.0107. The molecule has 0 bridgehead atoms. The zero-order valence-electron chi connectivity index (χ0n) is 14.2. The first-order valence-corrected chi connectivity index (χ1v) is 9.37. The van der Waals surface area contributed by atoms with Crippen molar-refractivity contribution in [2.24, 2.45) is 5.73 Å². The van der Waals surface area contributed by atoms with Crippen LogP contribution in [-0.2, 0) is 10.0 Å². The van der Waals surface area contributed by atoms with E-state index in [1.807, 2.05) is 4.90 Å². The quantitative estimate of drug-likeness (QED) is 0.784. The summed E-state index contributed by atoms with van der Waals surface area (Å²) in [6, 6.07) is 5.82. The average molecular weight is 377 g/mol. The second kappa shape index (κ2) is 7.26. The number of benzene rings is 1. The lowest BCUT2D eigenvalue weighted by Crippen LogP contribution is -2.49. The smallest absolute Gasteiger partial charge is 0.252 e. The minimum Gasteiger partial charge on any atom is -0.496 e. The molecule has 1 amide bonds. The third kappa shape index (κ3) is 3.46. The van der Waals surface area contributed by atoms with Gasteiger partial charge in [-0.15, -0.1) is 0 Å². The number of nitrogens with zero attached hydrogens (tertiary/aromatic N) is 4. The van der Waals surface area contributed by atoms with E-state index < -0.39 is 15.9 Å². The molecule has 1 saturated heterocycles. The molecule has 1 aromatic heterocycles. The summed E-state index contributed by atoms with van der Waals surface area (Å²) in [5.74, 6) is 0.0671. The van der Waals surface area contributed by atoms with Gasteiger partial charge in [-0.1, -0.05) is 0 Å².